The van der Waals surface area contributed by atoms with Crippen molar-refractivity contribution in [3.63, 3.8) is 0 Å². The fourth-order valence-corrected chi connectivity index (χ4v) is 2.05. The number of nitrogens with zero attached hydrogens (tertiary/aromatic N) is 2. The average Bonchev–Trinajstić information content (AvgIpc) is 2.23. The summed E-state index contributed by atoms with van der Waals surface area (Å²) in [5, 5.41) is 11.5. The molecule has 0 saturated heterocycles. The van der Waals surface area contributed by atoms with Crippen molar-refractivity contribution in [1.82, 2.24) is 10.2 Å². The second kappa shape index (κ2) is 3.56. The van der Waals surface area contributed by atoms with Gasteiger partial charge in [-0.15, -0.1) is 5.10 Å². The molecule has 14 heavy (non-hydrogen) atoms. The third-order valence-corrected chi connectivity index (χ3v) is 3.32. The number of anilines is 1. The molecule has 76 valence electrons. The third kappa shape index (κ3) is 1.47. The van der Waals surface area contributed by atoms with Gasteiger partial charge in [0.15, 0.2) is 0 Å². The molecule has 0 radical (unpaired) electrons. The molecule has 0 bridgehead atoms. The smallest absolute Gasteiger partial charge is 0.148 e. The molecule has 2 atom stereocenters. The zero-order chi connectivity index (χ0) is 10.1. The number of fused-ring (bicyclic) bond motifs is 1. The number of aryl methyl sites for hydroxylation is 1. The molecule has 3 heteroatoms. The topological polar surface area (TPSA) is 37.8 Å². The van der Waals surface area contributed by atoms with Gasteiger partial charge in [0.05, 0.1) is 5.69 Å². The van der Waals surface area contributed by atoms with Gasteiger partial charge in [-0.1, -0.05) is 13.8 Å². The van der Waals surface area contributed by atoms with E-state index in [1.54, 1.807) is 0 Å². The highest BCUT2D eigenvalue weighted by Gasteiger charge is 2.24. The number of hydrogen-bond donors (Lipinski definition) is 1. The van der Waals surface area contributed by atoms with Crippen molar-refractivity contribution in [3.8, 4) is 0 Å². The Hall–Kier alpha value is -1.12. The molecule has 0 aliphatic heterocycles. The van der Waals surface area contributed by atoms with Crippen LogP contribution in [0.5, 0.6) is 0 Å². The Morgan fingerprint density at radius 1 is 1.36 bits per heavy atom. The van der Waals surface area contributed by atoms with Gasteiger partial charge in [0.2, 0.25) is 0 Å². The van der Waals surface area contributed by atoms with Crippen molar-refractivity contribution in [3.05, 3.63) is 17.3 Å². The first-order valence-corrected chi connectivity index (χ1v) is 5.26. The second-order valence-corrected chi connectivity index (χ2v) is 4.19. The summed E-state index contributed by atoms with van der Waals surface area (Å²) in [6, 6.07) is 2.13. The first-order valence-electron chi connectivity index (χ1n) is 5.26. The molecule has 0 spiro atoms. The molecule has 1 aliphatic carbocycles. The first kappa shape index (κ1) is 9.44. The van der Waals surface area contributed by atoms with Crippen LogP contribution in [0.25, 0.3) is 0 Å². The minimum atomic E-state index is 0.553. The summed E-state index contributed by atoms with van der Waals surface area (Å²) in [6.07, 6.45) is 2.41. The number of nitrogens with one attached hydrogen (secondary N) is 1. The van der Waals surface area contributed by atoms with Crippen LogP contribution in [0.15, 0.2) is 6.07 Å². The molecule has 1 aliphatic rings. The van der Waals surface area contributed by atoms with E-state index in [-0.39, 0.29) is 0 Å². The maximum atomic E-state index is 4.31. The summed E-state index contributed by atoms with van der Waals surface area (Å²) >= 11 is 0. The Morgan fingerprint density at radius 3 is 2.86 bits per heavy atom. The Bertz CT molecular complexity index is 335. The third-order valence-electron chi connectivity index (χ3n) is 3.32. The van der Waals surface area contributed by atoms with Crippen LogP contribution in [0.2, 0.25) is 0 Å². The van der Waals surface area contributed by atoms with E-state index < -0.39 is 0 Å². The molecule has 1 heterocycles. The molecule has 2 rings (SSSR count). The van der Waals surface area contributed by atoms with E-state index in [2.05, 4.69) is 35.4 Å². The van der Waals surface area contributed by atoms with Gasteiger partial charge < -0.3 is 5.32 Å². The lowest BCUT2D eigenvalue weighted by atomic mass is 9.80. The van der Waals surface area contributed by atoms with E-state index in [0.717, 1.165) is 18.2 Å². The highest BCUT2D eigenvalue weighted by atomic mass is 15.2. The maximum absolute atomic E-state index is 4.31. The van der Waals surface area contributed by atoms with Gasteiger partial charge in [-0.25, -0.2) is 0 Å². The lowest BCUT2D eigenvalue weighted by Gasteiger charge is -2.26. The molecule has 1 aromatic heterocycles. The monoisotopic (exact) mass is 191 g/mol. The van der Waals surface area contributed by atoms with Gasteiger partial charge >= 0.3 is 0 Å². The van der Waals surface area contributed by atoms with Crippen molar-refractivity contribution in [2.45, 2.75) is 32.6 Å². The average molecular weight is 191 g/mol. The van der Waals surface area contributed by atoms with E-state index in [4.69, 9.17) is 0 Å². The molecule has 0 saturated carbocycles. The molecular weight excluding hydrogens is 174 g/mol. The van der Waals surface area contributed by atoms with Crippen LogP contribution < -0.4 is 5.32 Å². The van der Waals surface area contributed by atoms with Crippen LogP contribution in [-0.2, 0) is 6.42 Å². The lowest BCUT2D eigenvalue weighted by molar-refractivity contribution is 0.413. The molecule has 0 aromatic carbocycles. The van der Waals surface area contributed by atoms with Crippen LogP contribution >= 0.6 is 0 Å². The Kier molecular flexibility index (Phi) is 2.40. The SMILES string of the molecule is CNc1cc2c(nn1)C(C)C(C)CC2. The van der Waals surface area contributed by atoms with Crippen molar-refractivity contribution < 1.29 is 0 Å². The van der Waals surface area contributed by atoms with E-state index in [9.17, 15) is 0 Å². The van der Waals surface area contributed by atoms with E-state index in [1.165, 1.54) is 17.7 Å². The molecule has 0 amide bonds. The molecule has 0 fully saturated rings. The fraction of sp³-hybridized carbons (Fsp3) is 0.636. The molecule has 1 N–H and O–H groups in total. The molecule has 3 nitrogen and oxygen atoms in total. The number of aromatic nitrogens is 2. The quantitative estimate of drug-likeness (QED) is 0.739. The number of rotatable bonds is 1. The van der Waals surface area contributed by atoms with Gasteiger partial charge in [-0.2, -0.15) is 5.10 Å². The fourth-order valence-electron chi connectivity index (χ4n) is 2.05. The summed E-state index contributed by atoms with van der Waals surface area (Å²) < 4.78 is 0. The normalized spacial score (nSPS) is 25.6. The predicted octanol–water partition coefficient (Wildman–Crippen LogP) is 2.20. The van der Waals surface area contributed by atoms with E-state index in [0.29, 0.717) is 5.92 Å². The van der Waals surface area contributed by atoms with Crippen molar-refractivity contribution in [2.24, 2.45) is 5.92 Å². The minimum Gasteiger partial charge on any atom is -0.372 e. The van der Waals surface area contributed by atoms with Gasteiger partial charge in [-0.05, 0) is 30.4 Å². The van der Waals surface area contributed by atoms with Crippen molar-refractivity contribution >= 4 is 5.82 Å². The van der Waals surface area contributed by atoms with Crippen molar-refractivity contribution in [1.29, 1.82) is 0 Å². The predicted molar refractivity (Wildman–Crippen MR) is 57.5 cm³/mol. The van der Waals surface area contributed by atoms with Gasteiger partial charge in [-0.3, -0.25) is 0 Å². The lowest BCUT2D eigenvalue weighted by Crippen LogP contribution is -2.18. The van der Waals surface area contributed by atoms with Crippen LogP contribution in [0.3, 0.4) is 0 Å². The highest BCUT2D eigenvalue weighted by Crippen LogP contribution is 2.34. The standard InChI is InChI=1S/C11H17N3/c1-7-4-5-9-6-10(12-3)13-14-11(9)8(7)2/h6-8H,4-5H2,1-3H3,(H,12,13). The summed E-state index contributed by atoms with van der Waals surface area (Å²) in [5.74, 6) is 2.17. The van der Waals surface area contributed by atoms with Crippen LogP contribution in [0.1, 0.15) is 37.4 Å². The maximum Gasteiger partial charge on any atom is 0.148 e. The first-order chi connectivity index (χ1) is 6.72. The molecule has 2 unspecified atom stereocenters. The summed E-state index contributed by atoms with van der Waals surface area (Å²) in [4.78, 5) is 0. The summed E-state index contributed by atoms with van der Waals surface area (Å²) in [7, 11) is 1.88. The molecule has 1 aromatic rings. The zero-order valence-electron chi connectivity index (χ0n) is 9.04. The van der Waals surface area contributed by atoms with Gasteiger partial charge in [0.1, 0.15) is 5.82 Å². The summed E-state index contributed by atoms with van der Waals surface area (Å²) in [5.41, 5.74) is 2.57. The van der Waals surface area contributed by atoms with Gasteiger partial charge in [0.25, 0.3) is 0 Å². The highest BCUT2D eigenvalue weighted by molar-refractivity contribution is 5.39. The van der Waals surface area contributed by atoms with E-state index >= 15 is 0 Å². The second-order valence-electron chi connectivity index (χ2n) is 4.19. The molecular formula is C11H17N3. The van der Waals surface area contributed by atoms with Crippen molar-refractivity contribution in [2.75, 3.05) is 12.4 Å². The van der Waals surface area contributed by atoms with Crippen LogP contribution in [-0.4, -0.2) is 17.2 Å². The number of hydrogen-bond acceptors (Lipinski definition) is 3. The summed E-state index contributed by atoms with van der Waals surface area (Å²) in [6.45, 7) is 4.54. The van der Waals surface area contributed by atoms with Crippen LogP contribution in [0, 0.1) is 5.92 Å². The van der Waals surface area contributed by atoms with E-state index in [1.807, 2.05) is 7.05 Å². The van der Waals surface area contributed by atoms with Crippen LogP contribution in [0.4, 0.5) is 5.82 Å². The Labute approximate surface area is 84.9 Å². The van der Waals surface area contributed by atoms with Gasteiger partial charge in [0, 0.05) is 13.0 Å². The Balaban J connectivity index is 2.38. The largest absolute Gasteiger partial charge is 0.372 e. The Morgan fingerprint density at radius 2 is 2.14 bits per heavy atom. The zero-order valence-corrected chi connectivity index (χ0v) is 9.04. The minimum absolute atomic E-state index is 0.553.